The molecule has 0 radical (unpaired) electrons. The number of anilines is 1. The van der Waals surface area contributed by atoms with Crippen molar-refractivity contribution in [3.05, 3.63) is 23.9 Å². The first-order valence-corrected chi connectivity index (χ1v) is 5.19. The topological polar surface area (TPSA) is 42.2 Å². The molecule has 1 aromatic rings. The molecule has 0 aromatic carbocycles. The third-order valence-corrected chi connectivity index (χ3v) is 2.76. The van der Waals surface area contributed by atoms with Gasteiger partial charge in [-0.1, -0.05) is 0 Å². The monoisotopic (exact) mass is 191 g/mol. The molecule has 0 unspecified atom stereocenters. The number of piperidine rings is 1. The van der Waals surface area contributed by atoms with Crippen molar-refractivity contribution >= 4 is 5.82 Å². The van der Waals surface area contributed by atoms with Gasteiger partial charge in [-0.05, 0) is 37.5 Å². The Balaban J connectivity index is 2.08. The predicted molar refractivity (Wildman–Crippen MR) is 58.4 cm³/mol. The molecule has 0 saturated carbocycles. The maximum Gasteiger partial charge on any atom is 0.128 e. The van der Waals surface area contributed by atoms with Gasteiger partial charge in [0.15, 0.2) is 0 Å². The van der Waals surface area contributed by atoms with E-state index in [2.05, 4.69) is 22.9 Å². The molecule has 76 valence electrons. The molecule has 0 spiro atoms. The zero-order chi connectivity index (χ0) is 9.97. The highest BCUT2D eigenvalue weighted by atomic mass is 15.2. The quantitative estimate of drug-likeness (QED) is 0.728. The Labute approximate surface area is 84.9 Å². The summed E-state index contributed by atoms with van der Waals surface area (Å²) in [5, 5.41) is 0. The highest BCUT2D eigenvalue weighted by Crippen LogP contribution is 2.17. The first-order chi connectivity index (χ1) is 6.75. The molecule has 0 amide bonds. The van der Waals surface area contributed by atoms with Gasteiger partial charge in [-0.15, -0.1) is 0 Å². The van der Waals surface area contributed by atoms with E-state index in [0.717, 1.165) is 31.7 Å². The minimum Gasteiger partial charge on any atom is -0.356 e. The number of nitrogens with two attached hydrogens (primary N) is 1. The molecule has 1 aliphatic rings. The van der Waals surface area contributed by atoms with E-state index in [1.807, 2.05) is 12.3 Å². The average molecular weight is 191 g/mol. The van der Waals surface area contributed by atoms with Crippen LogP contribution >= 0.6 is 0 Å². The number of pyridine rings is 1. The lowest BCUT2D eigenvalue weighted by Crippen LogP contribution is -2.40. The summed E-state index contributed by atoms with van der Waals surface area (Å²) >= 11 is 0. The van der Waals surface area contributed by atoms with Gasteiger partial charge < -0.3 is 10.6 Å². The Morgan fingerprint density at radius 3 is 2.79 bits per heavy atom. The molecule has 3 nitrogen and oxygen atoms in total. The number of aryl methyl sites for hydroxylation is 1. The van der Waals surface area contributed by atoms with Gasteiger partial charge in [0.2, 0.25) is 0 Å². The van der Waals surface area contributed by atoms with E-state index >= 15 is 0 Å². The molecule has 0 atom stereocenters. The second-order valence-electron chi connectivity index (χ2n) is 4.02. The molecule has 2 N–H and O–H groups in total. The van der Waals surface area contributed by atoms with Gasteiger partial charge in [0, 0.05) is 25.3 Å². The van der Waals surface area contributed by atoms with Crippen molar-refractivity contribution in [2.45, 2.75) is 25.8 Å². The lowest BCUT2D eigenvalue weighted by molar-refractivity contribution is 0.498. The average Bonchev–Trinajstić information content (AvgIpc) is 2.19. The van der Waals surface area contributed by atoms with Crippen LogP contribution in [0.3, 0.4) is 0 Å². The summed E-state index contributed by atoms with van der Waals surface area (Å²) in [5.74, 6) is 1.09. The summed E-state index contributed by atoms with van der Waals surface area (Å²) in [6.07, 6.45) is 4.03. The standard InChI is InChI=1S/C11H17N3/c1-9-2-5-13-11(8-9)14-6-3-10(12)4-7-14/h2,5,8,10H,3-4,6-7,12H2,1H3. The largest absolute Gasteiger partial charge is 0.356 e. The van der Waals surface area contributed by atoms with E-state index in [-0.39, 0.29) is 0 Å². The fourth-order valence-electron chi connectivity index (χ4n) is 1.82. The molecule has 14 heavy (non-hydrogen) atoms. The van der Waals surface area contributed by atoms with E-state index in [1.54, 1.807) is 0 Å². The minimum atomic E-state index is 0.385. The third-order valence-electron chi connectivity index (χ3n) is 2.76. The highest BCUT2D eigenvalue weighted by Gasteiger charge is 2.16. The first-order valence-electron chi connectivity index (χ1n) is 5.19. The number of hydrogen-bond donors (Lipinski definition) is 1. The second-order valence-corrected chi connectivity index (χ2v) is 4.02. The Hall–Kier alpha value is -1.09. The summed E-state index contributed by atoms with van der Waals surface area (Å²) in [6.45, 7) is 4.18. The van der Waals surface area contributed by atoms with Crippen LogP contribution in [-0.2, 0) is 0 Å². The summed E-state index contributed by atoms with van der Waals surface area (Å²) in [7, 11) is 0. The molecule has 0 bridgehead atoms. The van der Waals surface area contributed by atoms with Crippen molar-refractivity contribution < 1.29 is 0 Å². The number of rotatable bonds is 1. The summed E-state index contributed by atoms with van der Waals surface area (Å²) in [6, 6.07) is 4.55. The molecular weight excluding hydrogens is 174 g/mol. The molecule has 2 rings (SSSR count). The maximum atomic E-state index is 5.86. The molecule has 1 aliphatic heterocycles. The normalized spacial score (nSPS) is 18.6. The number of aromatic nitrogens is 1. The highest BCUT2D eigenvalue weighted by molar-refractivity contribution is 5.41. The van der Waals surface area contributed by atoms with E-state index in [1.165, 1.54) is 5.56 Å². The zero-order valence-corrected chi connectivity index (χ0v) is 8.61. The molecule has 3 heteroatoms. The van der Waals surface area contributed by atoms with Crippen molar-refractivity contribution in [1.29, 1.82) is 0 Å². The van der Waals surface area contributed by atoms with Gasteiger partial charge >= 0.3 is 0 Å². The fourth-order valence-corrected chi connectivity index (χ4v) is 1.82. The van der Waals surface area contributed by atoms with E-state index in [0.29, 0.717) is 6.04 Å². The van der Waals surface area contributed by atoms with Crippen LogP contribution in [0, 0.1) is 6.92 Å². The number of nitrogens with zero attached hydrogens (tertiary/aromatic N) is 2. The van der Waals surface area contributed by atoms with Crippen molar-refractivity contribution in [2.75, 3.05) is 18.0 Å². The molecule has 1 saturated heterocycles. The van der Waals surface area contributed by atoms with Crippen LogP contribution in [0.4, 0.5) is 5.82 Å². The Bertz CT molecular complexity index is 303. The van der Waals surface area contributed by atoms with E-state index in [4.69, 9.17) is 5.73 Å². The molecule has 2 heterocycles. The summed E-state index contributed by atoms with van der Waals surface area (Å²) in [4.78, 5) is 6.69. The Morgan fingerprint density at radius 1 is 1.43 bits per heavy atom. The first kappa shape index (κ1) is 9.46. The van der Waals surface area contributed by atoms with Crippen LogP contribution in [0.15, 0.2) is 18.3 Å². The van der Waals surface area contributed by atoms with Crippen molar-refractivity contribution in [3.63, 3.8) is 0 Å². The smallest absolute Gasteiger partial charge is 0.128 e. The lowest BCUT2D eigenvalue weighted by atomic mass is 10.1. The molecule has 1 aromatic heterocycles. The van der Waals surface area contributed by atoms with E-state index < -0.39 is 0 Å². The second kappa shape index (κ2) is 3.96. The van der Waals surface area contributed by atoms with Crippen molar-refractivity contribution in [3.8, 4) is 0 Å². The third kappa shape index (κ3) is 2.04. The van der Waals surface area contributed by atoms with Gasteiger partial charge in [0.05, 0.1) is 0 Å². The minimum absolute atomic E-state index is 0.385. The fraction of sp³-hybridized carbons (Fsp3) is 0.545. The van der Waals surface area contributed by atoms with Crippen molar-refractivity contribution in [2.24, 2.45) is 5.73 Å². The summed E-state index contributed by atoms with van der Waals surface area (Å²) in [5.41, 5.74) is 7.13. The van der Waals surface area contributed by atoms with Gasteiger partial charge in [-0.25, -0.2) is 4.98 Å². The maximum absolute atomic E-state index is 5.86. The predicted octanol–water partition coefficient (Wildman–Crippen LogP) is 1.32. The van der Waals surface area contributed by atoms with Crippen LogP contribution in [0.5, 0.6) is 0 Å². The van der Waals surface area contributed by atoms with Gasteiger partial charge in [-0.3, -0.25) is 0 Å². The molecular formula is C11H17N3. The SMILES string of the molecule is Cc1ccnc(N2CCC(N)CC2)c1. The van der Waals surface area contributed by atoms with Crippen LogP contribution in [-0.4, -0.2) is 24.1 Å². The molecule has 1 fully saturated rings. The van der Waals surface area contributed by atoms with Crippen LogP contribution in [0.25, 0.3) is 0 Å². The zero-order valence-electron chi connectivity index (χ0n) is 8.61. The van der Waals surface area contributed by atoms with Gasteiger partial charge in [0.1, 0.15) is 5.82 Å². The Kier molecular flexibility index (Phi) is 2.68. The van der Waals surface area contributed by atoms with Gasteiger partial charge in [0.25, 0.3) is 0 Å². The lowest BCUT2D eigenvalue weighted by Gasteiger charge is -2.31. The van der Waals surface area contributed by atoms with Crippen molar-refractivity contribution in [1.82, 2.24) is 4.98 Å². The Morgan fingerprint density at radius 2 is 2.14 bits per heavy atom. The van der Waals surface area contributed by atoms with E-state index in [9.17, 15) is 0 Å². The van der Waals surface area contributed by atoms with Crippen LogP contribution < -0.4 is 10.6 Å². The molecule has 0 aliphatic carbocycles. The number of hydrogen-bond acceptors (Lipinski definition) is 3. The van der Waals surface area contributed by atoms with Gasteiger partial charge in [-0.2, -0.15) is 0 Å². The summed E-state index contributed by atoms with van der Waals surface area (Å²) < 4.78 is 0. The van der Waals surface area contributed by atoms with Crippen LogP contribution in [0.1, 0.15) is 18.4 Å². The van der Waals surface area contributed by atoms with Crippen LogP contribution in [0.2, 0.25) is 0 Å².